The fraction of sp³-hybridized carbons (Fsp3) is 0.455. The van der Waals surface area contributed by atoms with Crippen LogP contribution < -0.4 is 0 Å². The van der Waals surface area contributed by atoms with Crippen molar-refractivity contribution in [2.75, 3.05) is 6.61 Å². The summed E-state index contributed by atoms with van der Waals surface area (Å²) in [6.45, 7) is 1.87. The number of alkyl halides is 3. The molecule has 0 unspecified atom stereocenters. The molecule has 1 aromatic heterocycles. The predicted molar refractivity (Wildman–Crippen MR) is 71.8 cm³/mol. The first-order valence-electron chi connectivity index (χ1n) is 5.17. The van der Waals surface area contributed by atoms with Gasteiger partial charge in [0.05, 0.1) is 13.0 Å². The summed E-state index contributed by atoms with van der Waals surface area (Å²) in [6.07, 6.45) is -1.64. The summed E-state index contributed by atoms with van der Waals surface area (Å²) in [7, 11) is 0. The lowest BCUT2D eigenvalue weighted by atomic mass is 10.1. The van der Waals surface area contributed by atoms with Crippen LogP contribution in [0.5, 0.6) is 0 Å². The summed E-state index contributed by atoms with van der Waals surface area (Å²) in [6, 6.07) is 0. The Bertz CT molecular complexity index is 443. The number of carbonyl (C=O) groups is 1. The van der Waals surface area contributed by atoms with Gasteiger partial charge in [0.15, 0.2) is 0 Å². The molecule has 0 bridgehead atoms. The van der Waals surface area contributed by atoms with Crippen LogP contribution in [0, 0.1) is 3.57 Å². The summed E-state index contributed by atoms with van der Waals surface area (Å²) in [5.41, 5.74) is 0.435. The highest BCUT2D eigenvalue weighted by Gasteiger charge is 2.21. The molecule has 1 aromatic rings. The molecule has 7 heteroatoms. The molecule has 3 nitrogen and oxygen atoms in total. The standard InChI is InChI=1S/C11H11ClF2INO2/c1-2-18-8(17)3-7-9(15)6(4-12)5-16-10(7)11(13)14/h5,11H,2-4H2,1H3. The van der Waals surface area contributed by atoms with E-state index in [2.05, 4.69) is 4.98 Å². The van der Waals surface area contributed by atoms with E-state index in [9.17, 15) is 13.6 Å². The Labute approximate surface area is 122 Å². The van der Waals surface area contributed by atoms with Crippen molar-refractivity contribution >= 4 is 40.2 Å². The number of nitrogens with zero attached hydrogens (tertiary/aromatic N) is 1. The number of aromatic nitrogens is 1. The molecule has 0 aromatic carbocycles. The van der Waals surface area contributed by atoms with Gasteiger partial charge < -0.3 is 4.74 Å². The molecular weight excluding hydrogens is 378 g/mol. The number of halogens is 4. The first-order chi connectivity index (χ1) is 8.51. The zero-order valence-electron chi connectivity index (χ0n) is 9.55. The van der Waals surface area contributed by atoms with Crippen LogP contribution in [0.3, 0.4) is 0 Å². The molecular formula is C11H11ClF2INO2. The van der Waals surface area contributed by atoms with Crippen molar-refractivity contribution in [2.45, 2.75) is 25.7 Å². The van der Waals surface area contributed by atoms with Crippen LogP contribution in [-0.2, 0) is 21.8 Å². The highest BCUT2D eigenvalue weighted by atomic mass is 127. The van der Waals surface area contributed by atoms with E-state index < -0.39 is 12.4 Å². The van der Waals surface area contributed by atoms with E-state index in [1.807, 2.05) is 22.6 Å². The maximum atomic E-state index is 12.8. The molecule has 18 heavy (non-hydrogen) atoms. The van der Waals surface area contributed by atoms with Crippen LogP contribution >= 0.6 is 34.2 Å². The predicted octanol–water partition coefficient (Wildman–Crippen LogP) is 3.47. The van der Waals surface area contributed by atoms with Crippen LogP contribution in [0.4, 0.5) is 8.78 Å². The molecule has 0 aliphatic carbocycles. The highest BCUT2D eigenvalue weighted by molar-refractivity contribution is 14.1. The molecule has 1 rings (SSSR count). The second kappa shape index (κ2) is 7.18. The van der Waals surface area contributed by atoms with E-state index in [1.165, 1.54) is 6.20 Å². The summed E-state index contributed by atoms with van der Waals surface area (Å²) < 4.78 is 31.0. The Balaban J connectivity index is 3.15. The van der Waals surface area contributed by atoms with Gasteiger partial charge >= 0.3 is 5.97 Å². The third kappa shape index (κ3) is 3.74. The lowest BCUT2D eigenvalue weighted by molar-refractivity contribution is -0.142. The summed E-state index contributed by atoms with van der Waals surface area (Å²) in [4.78, 5) is 15.1. The van der Waals surface area contributed by atoms with Gasteiger partial charge in [-0.05, 0) is 35.1 Å². The molecule has 0 saturated heterocycles. The molecule has 0 fully saturated rings. The molecule has 100 valence electrons. The number of esters is 1. The molecule has 0 aliphatic heterocycles. The van der Waals surface area contributed by atoms with Crippen molar-refractivity contribution < 1.29 is 18.3 Å². The van der Waals surface area contributed by atoms with Crippen LogP contribution in [0.2, 0.25) is 0 Å². The van der Waals surface area contributed by atoms with Crippen molar-refractivity contribution in [3.8, 4) is 0 Å². The second-order valence-corrected chi connectivity index (χ2v) is 4.72. The zero-order chi connectivity index (χ0) is 13.7. The third-order valence-corrected chi connectivity index (χ3v) is 3.82. The number of carbonyl (C=O) groups excluding carboxylic acids is 1. The molecule has 0 amide bonds. The summed E-state index contributed by atoms with van der Waals surface area (Å²) in [5, 5.41) is 0. The lowest BCUT2D eigenvalue weighted by Crippen LogP contribution is -2.13. The number of hydrogen-bond acceptors (Lipinski definition) is 3. The monoisotopic (exact) mass is 389 g/mol. The van der Waals surface area contributed by atoms with Crippen LogP contribution in [0.25, 0.3) is 0 Å². The van der Waals surface area contributed by atoms with Gasteiger partial charge in [0, 0.05) is 21.2 Å². The minimum atomic E-state index is -2.73. The van der Waals surface area contributed by atoms with Crippen molar-refractivity contribution in [3.63, 3.8) is 0 Å². The Morgan fingerprint density at radius 3 is 2.78 bits per heavy atom. The van der Waals surface area contributed by atoms with Gasteiger partial charge in [-0.2, -0.15) is 0 Å². The summed E-state index contributed by atoms with van der Waals surface area (Å²) >= 11 is 7.58. The molecule has 1 heterocycles. The minimum absolute atomic E-state index is 0.157. The van der Waals surface area contributed by atoms with Gasteiger partial charge in [0.1, 0.15) is 5.69 Å². The minimum Gasteiger partial charge on any atom is -0.466 e. The molecule has 0 atom stereocenters. The van der Waals surface area contributed by atoms with Crippen molar-refractivity contribution in [3.05, 3.63) is 26.6 Å². The van der Waals surface area contributed by atoms with Gasteiger partial charge in [0.2, 0.25) is 0 Å². The fourth-order valence-electron chi connectivity index (χ4n) is 1.39. The largest absolute Gasteiger partial charge is 0.466 e. The number of rotatable bonds is 5. The average Bonchev–Trinajstić information content (AvgIpc) is 2.31. The van der Waals surface area contributed by atoms with Crippen molar-refractivity contribution in [2.24, 2.45) is 0 Å². The van der Waals surface area contributed by atoms with Gasteiger partial charge in [-0.3, -0.25) is 9.78 Å². The Morgan fingerprint density at radius 1 is 1.61 bits per heavy atom. The Hall–Kier alpha value is -0.500. The SMILES string of the molecule is CCOC(=O)Cc1c(C(F)F)ncc(CCl)c1I. The molecule has 0 N–H and O–H groups in total. The van der Waals surface area contributed by atoms with Crippen LogP contribution in [0.15, 0.2) is 6.20 Å². The zero-order valence-corrected chi connectivity index (χ0v) is 12.5. The maximum absolute atomic E-state index is 12.8. The van der Waals surface area contributed by atoms with Crippen molar-refractivity contribution in [1.29, 1.82) is 0 Å². The van der Waals surface area contributed by atoms with Crippen LogP contribution in [0.1, 0.15) is 30.2 Å². The highest BCUT2D eigenvalue weighted by Crippen LogP contribution is 2.28. The van der Waals surface area contributed by atoms with Gasteiger partial charge in [0.25, 0.3) is 6.43 Å². The number of pyridine rings is 1. The first kappa shape index (κ1) is 15.6. The molecule has 0 aliphatic rings. The third-order valence-electron chi connectivity index (χ3n) is 2.19. The fourth-order valence-corrected chi connectivity index (χ4v) is 2.62. The number of ether oxygens (including phenoxy) is 1. The smallest absolute Gasteiger partial charge is 0.310 e. The number of hydrogen-bond donors (Lipinski definition) is 0. The maximum Gasteiger partial charge on any atom is 0.310 e. The van der Waals surface area contributed by atoms with Gasteiger partial charge in [-0.1, -0.05) is 0 Å². The van der Waals surface area contributed by atoms with E-state index in [0.717, 1.165) is 0 Å². The van der Waals surface area contributed by atoms with Gasteiger partial charge in [-0.15, -0.1) is 11.6 Å². The van der Waals surface area contributed by atoms with E-state index in [1.54, 1.807) is 6.92 Å². The molecule has 0 saturated carbocycles. The van der Waals surface area contributed by atoms with Gasteiger partial charge in [-0.25, -0.2) is 8.78 Å². The topological polar surface area (TPSA) is 39.2 Å². The van der Waals surface area contributed by atoms with E-state index in [4.69, 9.17) is 16.3 Å². The first-order valence-corrected chi connectivity index (χ1v) is 6.78. The molecule has 0 spiro atoms. The van der Waals surface area contributed by atoms with E-state index >= 15 is 0 Å². The van der Waals surface area contributed by atoms with Crippen LogP contribution in [-0.4, -0.2) is 17.6 Å². The van der Waals surface area contributed by atoms with E-state index in [-0.39, 0.29) is 30.2 Å². The normalized spacial score (nSPS) is 10.8. The van der Waals surface area contributed by atoms with Crippen molar-refractivity contribution in [1.82, 2.24) is 4.98 Å². The second-order valence-electron chi connectivity index (χ2n) is 3.38. The lowest BCUT2D eigenvalue weighted by Gasteiger charge is -2.12. The Kier molecular flexibility index (Phi) is 6.20. The van der Waals surface area contributed by atoms with E-state index in [0.29, 0.717) is 9.13 Å². The average molecular weight is 390 g/mol. The Morgan fingerprint density at radius 2 is 2.28 bits per heavy atom. The molecule has 0 radical (unpaired) electrons. The summed E-state index contributed by atoms with van der Waals surface area (Å²) in [5.74, 6) is -0.393. The quantitative estimate of drug-likeness (QED) is 0.440.